The molecule has 1 atom stereocenters. The van der Waals surface area contributed by atoms with E-state index in [1.54, 1.807) is 7.11 Å². The number of nitrogens with one attached hydrogen (secondary N) is 1. The molecule has 5 heteroatoms. The van der Waals surface area contributed by atoms with Gasteiger partial charge in [0.2, 0.25) is 5.91 Å². The van der Waals surface area contributed by atoms with Gasteiger partial charge in [-0.25, -0.2) is 0 Å². The Morgan fingerprint density at radius 2 is 1.70 bits per heavy atom. The van der Waals surface area contributed by atoms with Crippen LogP contribution in [0.2, 0.25) is 5.02 Å². The van der Waals surface area contributed by atoms with E-state index in [1.165, 1.54) is 0 Å². The summed E-state index contributed by atoms with van der Waals surface area (Å²) in [5.74, 6) is -0.176. The highest BCUT2D eigenvalue weighted by Crippen LogP contribution is 2.23. The van der Waals surface area contributed by atoms with Crippen LogP contribution in [0, 0.1) is 0 Å². The van der Waals surface area contributed by atoms with E-state index < -0.39 is 0 Å². The number of benzene rings is 2. The summed E-state index contributed by atoms with van der Waals surface area (Å²) in [4.78, 5) is 12.1. The molecule has 0 fully saturated rings. The largest absolute Gasteiger partial charge is 0.382 e. The second kappa shape index (κ2) is 9.30. The molecule has 0 spiro atoms. The molecule has 2 aromatic rings. The van der Waals surface area contributed by atoms with Crippen molar-refractivity contribution in [3.63, 3.8) is 0 Å². The lowest BCUT2D eigenvalue weighted by Gasteiger charge is -2.20. The van der Waals surface area contributed by atoms with Gasteiger partial charge in [-0.05, 0) is 23.3 Å². The number of methoxy groups -OCH3 is 1. The van der Waals surface area contributed by atoms with Crippen molar-refractivity contribution in [2.75, 3.05) is 26.9 Å². The Morgan fingerprint density at radius 3 is 2.35 bits per heavy atom. The van der Waals surface area contributed by atoms with E-state index in [1.807, 2.05) is 54.6 Å². The van der Waals surface area contributed by atoms with Crippen molar-refractivity contribution >= 4 is 17.5 Å². The number of carbonyl (C=O) groups excluding carboxylic acids is 1. The van der Waals surface area contributed by atoms with Crippen LogP contribution in [-0.2, 0) is 14.3 Å². The van der Waals surface area contributed by atoms with Crippen LogP contribution in [0.1, 0.15) is 17.2 Å². The molecule has 0 aliphatic carbocycles. The molecule has 1 N–H and O–H groups in total. The van der Waals surface area contributed by atoms with Gasteiger partial charge in [-0.1, -0.05) is 54.1 Å². The number of amides is 1. The Labute approximate surface area is 141 Å². The maximum absolute atomic E-state index is 12.1. The summed E-state index contributed by atoms with van der Waals surface area (Å²) < 4.78 is 10.2. The minimum Gasteiger partial charge on any atom is -0.382 e. The molecular formula is C18H20ClNO3. The fraction of sp³-hybridized carbons (Fsp3) is 0.278. The van der Waals surface area contributed by atoms with Crippen LogP contribution < -0.4 is 5.32 Å². The fourth-order valence-corrected chi connectivity index (χ4v) is 2.30. The fourth-order valence-electron chi connectivity index (χ4n) is 2.17. The predicted molar refractivity (Wildman–Crippen MR) is 90.6 cm³/mol. The number of rotatable bonds is 8. The van der Waals surface area contributed by atoms with Crippen LogP contribution in [-0.4, -0.2) is 32.8 Å². The zero-order valence-corrected chi connectivity index (χ0v) is 13.8. The van der Waals surface area contributed by atoms with Crippen LogP contribution in [0.3, 0.4) is 0 Å². The Kier molecular flexibility index (Phi) is 7.07. The summed E-state index contributed by atoms with van der Waals surface area (Å²) in [6.07, 6.45) is 0. The standard InChI is InChI=1S/C18H20ClNO3/c1-22-11-12-23-13-17(21)20-18(14-5-3-2-4-6-14)15-7-9-16(19)10-8-15/h2-10,18H,11-13H2,1H3,(H,20,21). The van der Waals surface area contributed by atoms with E-state index in [-0.39, 0.29) is 18.6 Å². The lowest BCUT2D eigenvalue weighted by atomic mass is 9.99. The van der Waals surface area contributed by atoms with Gasteiger partial charge < -0.3 is 14.8 Å². The van der Waals surface area contributed by atoms with Crippen LogP contribution in [0.5, 0.6) is 0 Å². The highest BCUT2D eigenvalue weighted by molar-refractivity contribution is 6.30. The van der Waals surface area contributed by atoms with Gasteiger partial charge in [-0.15, -0.1) is 0 Å². The predicted octanol–water partition coefficient (Wildman–Crippen LogP) is 3.21. The second-order valence-electron chi connectivity index (χ2n) is 5.01. The number of carbonyl (C=O) groups is 1. The van der Waals surface area contributed by atoms with Crippen molar-refractivity contribution in [1.29, 1.82) is 0 Å². The van der Waals surface area contributed by atoms with Gasteiger partial charge in [0.05, 0.1) is 19.3 Å². The molecule has 23 heavy (non-hydrogen) atoms. The van der Waals surface area contributed by atoms with Crippen LogP contribution in [0.25, 0.3) is 0 Å². The Balaban J connectivity index is 2.08. The number of ether oxygens (including phenoxy) is 2. The molecule has 1 unspecified atom stereocenters. The van der Waals surface area contributed by atoms with Crippen molar-refractivity contribution in [3.8, 4) is 0 Å². The third kappa shape index (κ3) is 5.67. The number of hydrogen-bond donors (Lipinski definition) is 1. The summed E-state index contributed by atoms with van der Waals surface area (Å²) in [5.41, 5.74) is 1.96. The molecule has 0 heterocycles. The van der Waals surface area contributed by atoms with Crippen molar-refractivity contribution in [2.45, 2.75) is 6.04 Å². The average molecular weight is 334 g/mol. The van der Waals surface area contributed by atoms with Gasteiger partial charge in [-0.2, -0.15) is 0 Å². The van der Waals surface area contributed by atoms with E-state index in [0.717, 1.165) is 11.1 Å². The van der Waals surface area contributed by atoms with Crippen molar-refractivity contribution in [1.82, 2.24) is 5.32 Å². The minimum absolute atomic E-state index is 0.000281. The topological polar surface area (TPSA) is 47.6 Å². The zero-order valence-electron chi connectivity index (χ0n) is 13.0. The Hall–Kier alpha value is -1.88. The summed E-state index contributed by atoms with van der Waals surface area (Å²) in [7, 11) is 1.59. The molecule has 0 saturated carbocycles. The maximum atomic E-state index is 12.1. The van der Waals surface area contributed by atoms with Gasteiger partial charge in [0.15, 0.2) is 0 Å². The van der Waals surface area contributed by atoms with E-state index in [4.69, 9.17) is 21.1 Å². The number of halogens is 1. The lowest BCUT2D eigenvalue weighted by molar-refractivity contribution is -0.126. The van der Waals surface area contributed by atoms with Gasteiger partial charge in [0, 0.05) is 12.1 Å². The average Bonchev–Trinajstić information content (AvgIpc) is 2.58. The monoisotopic (exact) mass is 333 g/mol. The second-order valence-corrected chi connectivity index (χ2v) is 5.44. The smallest absolute Gasteiger partial charge is 0.246 e. The molecule has 0 saturated heterocycles. The molecule has 0 radical (unpaired) electrons. The molecule has 2 aromatic carbocycles. The summed E-state index contributed by atoms with van der Waals surface area (Å²) in [6, 6.07) is 17.0. The van der Waals surface area contributed by atoms with Crippen LogP contribution >= 0.6 is 11.6 Å². The first kappa shape index (κ1) is 17.5. The first-order chi connectivity index (χ1) is 11.2. The molecule has 0 aliphatic rings. The molecular weight excluding hydrogens is 314 g/mol. The van der Waals surface area contributed by atoms with Crippen molar-refractivity contribution in [3.05, 3.63) is 70.7 Å². The van der Waals surface area contributed by atoms with Gasteiger partial charge in [0.1, 0.15) is 6.61 Å². The number of hydrogen-bond acceptors (Lipinski definition) is 3. The van der Waals surface area contributed by atoms with Gasteiger partial charge in [-0.3, -0.25) is 4.79 Å². The Bertz CT molecular complexity index is 601. The van der Waals surface area contributed by atoms with E-state index >= 15 is 0 Å². The zero-order chi connectivity index (χ0) is 16.5. The van der Waals surface area contributed by atoms with E-state index in [2.05, 4.69) is 5.32 Å². The lowest BCUT2D eigenvalue weighted by Crippen LogP contribution is -2.32. The van der Waals surface area contributed by atoms with Gasteiger partial charge in [0.25, 0.3) is 0 Å². The third-order valence-electron chi connectivity index (χ3n) is 3.31. The van der Waals surface area contributed by atoms with Crippen LogP contribution in [0.4, 0.5) is 0 Å². The minimum atomic E-state index is -0.244. The summed E-state index contributed by atoms with van der Waals surface area (Å²) in [6.45, 7) is 0.855. The van der Waals surface area contributed by atoms with E-state index in [0.29, 0.717) is 18.2 Å². The molecule has 4 nitrogen and oxygen atoms in total. The molecule has 122 valence electrons. The third-order valence-corrected chi connectivity index (χ3v) is 3.56. The highest BCUT2D eigenvalue weighted by Gasteiger charge is 2.16. The SMILES string of the molecule is COCCOCC(=O)NC(c1ccccc1)c1ccc(Cl)cc1. The van der Waals surface area contributed by atoms with E-state index in [9.17, 15) is 4.79 Å². The Morgan fingerprint density at radius 1 is 1.04 bits per heavy atom. The molecule has 0 aliphatic heterocycles. The maximum Gasteiger partial charge on any atom is 0.246 e. The van der Waals surface area contributed by atoms with Crippen molar-refractivity contribution < 1.29 is 14.3 Å². The first-order valence-electron chi connectivity index (χ1n) is 7.37. The quantitative estimate of drug-likeness (QED) is 0.755. The first-order valence-corrected chi connectivity index (χ1v) is 7.75. The molecule has 1 amide bonds. The van der Waals surface area contributed by atoms with Gasteiger partial charge >= 0.3 is 0 Å². The van der Waals surface area contributed by atoms with Crippen LogP contribution in [0.15, 0.2) is 54.6 Å². The van der Waals surface area contributed by atoms with Crippen molar-refractivity contribution in [2.24, 2.45) is 0 Å². The molecule has 0 bridgehead atoms. The highest BCUT2D eigenvalue weighted by atomic mass is 35.5. The molecule has 0 aromatic heterocycles. The normalized spacial score (nSPS) is 11.9. The summed E-state index contributed by atoms with van der Waals surface area (Å²) >= 11 is 5.95. The summed E-state index contributed by atoms with van der Waals surface area (Å²) in [5, 5.41) is 3.66. The molecule has 2 rings (SSSR count).